The minimum Gasteiger partial charge on any atom is -0.461 e. The van der Waals surface area contributed by atoms with Crippen LogP contribution in [0.15, 0.2) is 32.0 Å². The predicted octanol–water partition coefficient (Wildman–Crippen LogP) is 2.86. The number of hydrogen-bond donors (Lipinski definition) is 2. The van der Waals surface area contributed by atoms with Gasteiger partial charge in [-0.05, 0) is 42.9 Å². The fraction of sp³-hybridized carbons (Fsp3) is 0.679. The van der Waals surface area contributed by atoms with Gasteiger partial charge in [0.1, 0.15) is 11.9 Å². The molecule has 2 bridgehead atoms. The molecule has 38 heavy (non-hydrogen) atoms. The van der Waals surface area contributed by atoms with E-state index in [1.807, 2.05) is 6.92 Å². The molecule has 0 spiro atoms. The molecule has 0 saturated heterocycles. The molecule has 208 valence electrons. The Balaban J connectivity index is 1.63. The molecule has 8 atom stereocenters. The summed E-state index contributed by atoms with van der Waals surface area (Å²) in [6.45, 7) is 12.2. The number of aliphatic hydroxyl groups excluding tert-OH is 1. The number of ketones is 1. The Morgan fingerprint density at radius 2 is 1.71 bits per heavy atom. The third kappa shape index (κ3) is 4.40. The average molecular weight is 564 g/mol. The van der Waals surface area contributed by atoms with Crippen molar-refractivity contribution in [1.29, 1.82) is 0 Å². The first-order valence-corrected chi connectivity index (χ1v) is 15.1. The van der Waals surface area contributed by atoms with E-state index in [0.29, 0.717) is 12.8 Å². The zero-order valence-corrected chi connectivity index (χ0v) is 24.0. The van der Waals surface area contributed by atoms with Gasteiger partial charge in [-0.25, -0.2) is 0 Å². The SMILES string of the molecule is C=C[C@]1(C)C[C@@H](OC(=O)CSc2c(SCC(N)=O)c(=O)c2=O)[C@]2(C)[C@H](C)CC[C@]3(CCC(=O)[C@H]32)[C@@H](C)[C@@H]1O. The third-order valence-corrected chi connectivity index (χ3v) is 12.4. The monoisotopic (exact) mass is 563 g/mol. The lowest BCUT2D eigenvalue weighted by Crippen LogP contribution is -2.63. The standard InChI is InChI=1S/C28H37NO7S2/c1-6-26(4)11-17(36-19(32)13-38-23-21(34)20(33)22(23)37-12-18(29)31)27(5)14(2)7-9-28(15(3)25(26)35)10-8-16(30)24(27)28/h6,14-15,17,24-25,35H,1,7-13H2,2-5H3,(H2,29,31)/t14-,15+,17-,24+,25+,26-,27+,28+/m1/s1. The zero-order chi connectivity index (χ0) is 28.2. The normalized spacial score (nSPS) is 38.8. The van der Waals surface area contributed by atoms with Gasteiger partial charge >= 0.3 is 5.97 Å². The zero-order valence-electron chi connectivity index (χ0n) is 22.4. The van der Waals surface area contributed by atoms with Crippen molar-refractivity contribution >= 4 is 41.2 Å². The lowest BCUT2D eigenvalue weighted by Gasteiger charge is -2.61. The van der Waals surface area contributed by atoms with E-state index in [2.05, 4.69) is 27.4 Å². The summed E-state index contributed by atoms with van der Waals surface area (Å²) in [4.78, 5) is 62.1. The van der Waals surface area contributed by atoms with Crippen LogP contribution in [0.4, 0.5) is 0 Å². The highest BCUT2D eigenvalue weighted by molar-refractivity contribution is 8.03. The van der Waals surface area contributed by atoms with Gasteiger partial charge < -0.3 is 15.6 Å². The molecule has 4 rings (SSSR count). The van der Waals surface area contributed by atoms with Crippen LogP contribution in [-0.2, 0) is 19.1 Å². The number of ether oxygens (including phenoxy) is 1. The molecule has 0 aromatic heterocycles. The molecule has 3 aliphatic carbocycles. The third-order valence-electron chi connectivity index (χ3n) is 10.1. The fourth-order valence-corrected chi connectivity index (χ4v) is 9.45. The van der Waals surface area contributed by atoms with E-state index < -0.39 is 45.8 Å². The van der Waals surface area contributed by atoms with Crippen LogP contribution in [0.5, 0.6) is 0 Å². The topological polar surface area (TPSA) is 141 Å². The van der Waals surface area contributed by atoms with E-state index in [-0.39, 0.29) is 50.2 Å². The number of hydrogen-bond acceptors (Lipinski definition) is 9. The summed E-state index contributed by atoms with van der Waals surface area (Å²) < 4.78 is 6.16. The minimum absolute atomic E-state index is 0.106. The highest BCUT2D eigenvalue weighted by Gasteiger charge is 2.68. The Labute approximate surface area is 231 Å². The number of aliphatic hydroxyl groups is 1. The highest BCUT2D eigenvalue weighted by Crippen LogP contribution is 2.68. The predicted molar refractivity (Wildman–Crippen MR) is 147 cm³/mol. The number of amides is 1. The number of Topliss-reactive ketones (excluding diaryl/α,β-unsaturated/α-hetero) is 1. The molecule has 8 nitrogen and oxygen atoms in total. The second-order valence-corrected chi connectivity index (χ2v) is 13.9. The van der Waals surface area contributed by atoms with E-state index in [9.17, 15) is 29.1 Å². The first-order chi connectivity index (χ1) is 17.7. The van der Waals surface area contributed by atoms with Crippen LogP contribution in [0.3, 0.4) is 0 Å². The Hall–Kier alpha value is -1.91. The van der Waals surface area contributed by atoms with E-state index in [4.69, 9.17) is 10.5 Å². The average Bonchev–Trinajstić information content (AvgIpc) is 3.23. The number of esters is 1. The van der Waals surface area contributed by atoms with E-state index in [1.165, 1.54) is 0 Å². The van der Waals surface area contributed by atoms with Crippen molar-refractivity contribution < 1.29 is 24.2 Å². The van der Waals surface area contributed by atoms with Gasteiger partial charge in [-0.2, -0.15) is 0 Å². The molecule has 1 aromatic rings. The molecule has 0 aliphatic heterocycles. The van der Waals surface area contributed by atoms with Crippen molar-refractivity contribution in [2.24, 2.45) is 39.7 Å². The lowest BCUT2D eigenvalue weighted by atomic mass is 9.44. The van der Waals surface area contributed by atoms with Crippen molar-refractivity contribution in [2.45, 2.75) is 81.8 Å². The van der Waals surface area contributed by atoms with Crippen molar-refractivity contribution in [3.05, 3.63) is 33.1 Å². The molecule has 3 N–H and O–H groups in total. The van der Waals surface area contributed by atoms with Gasteiger partial charge in [0.15, 0.2) is 0 Å². The van der Waals surface area contributed by atoms with Gasteiger partial charge in [-0.3, -0.25) is 24.0 Å². The van der Waals surface area contributed by atoms with E-state index >= 15 is 0 Å². The molecule has 0 unspecified atom stereocenters. The summed E-state index contributed by atoms with van der Waals surface area (Å²) in [5.74, 6) is -1.69. The summed E-state index contributed by atoms with van der Waals surface area (Å²) in [7, 11) is 0. The van der Waals surface area contributed by atoms with Gasteiger partial charge in [0.05, 0.1) is 27.4 Å². The summed E-state index contributed by atoms with van der Waals surface area (Å²) in [5, 5.41) is 11.6. The summed E-state index contributed by atoms with van der Waals surface area (Å²) in [5.41, 5.74) is 2.04. The number of carbonyl (C=O) groups is 3. The van der Waals surface area contributed by atoms with Gasteiger partial charge in [-0.15, -0.1) is 30.1 Å². The van der Waals surface area contributed by atoms with Crippen LogP contribution in [0.2, 0.25) is 0 Å². The smallest absolute Gasteiger partial charge is 0.316 e. The van der Waals surface area contributed by atoms with Crippen LogP contribution in [0.25, 0.3) is 0 Å². The van der Waals surface area contributed by atoms with Crippen molar-refractivity contribution in [2.75, 3.05) is 11.5 Å². The molecule has 0 heterocycles. The number of primary amides is 1. The van der Waals surface area contributed by atoms with E-state index in [0.717, 1.165) is 42.8 Å². The summed E-state index contributed by atoms with van der Waals surface area (Å²) in [6.07, 6.45) is 3.55. The second-order valence-electron chi connectivity index (χ2n) is 11.9. The Morgan fingerprint density at radius 1 is 1.11 bits per heavy atom. The first kappa shape index (κ1) is 29.1. The molecule has 10 heteroatoms. The number of rotatable bonds is 8. The lowest BCUT2D eigenvalue weighted by molar-refractivity contribution is -0.205. The van der Waals surface area contributed by atoms with E-state index in [1.54, 1.807) is 6.08 Å². The van der Waals surface area contributed by atoms with Crippen LogP contribution >= 0.6 is 23.5 Å². The summed E-state index contributed by atoms with van der Waals surface area (Å²) in [6, 6.07) is 0. The molecule has 1 amide bonds. The first-order valence-electron chi connectivity index (χ1n) is 13.1. The Kier molecular flexibility index (Phi) is 7.84. The minimum atomic E-state index is -0.754. The van der Waals surface area contributed by atoms with Crippen molar-refractivity contribution in [1.82, 2.24) is 0 Å². The molecule has 1 aromatic carbocycles. The Bertz CT molecular complexity index is 1240. The van der Waals surface area contributed by atoms with Crippen LogP contribution < -0.4 is 16.6 Å². The van der Waals surface area contributed by atoms with Crippen LogP contribution in [0.1, 0.15) is 59.8 Å². The van der Waals surface area contributed by atoms with Gasteiger partial charge in [-0.1, -0.05) is 33.8 Å². The number of thioether (sulfide) groups is 2. The quantitative estimate of drug-likeness (QED) is 0.211. The number of nitrogens with two attached hydrogens (primary N) is 1. The maximum atomic E-state index is 13.5. The fourth-order valence-electron chi connectivity index (χ4n) is 7.58. The van der Waals surface area contributed by atoms with Crippen molar-refractivity contribution in [3.63, 3.8) is 0 Å². The van der Waals surface area contributed by atoms with Crippen molar-refractivity contribution in [3.8, 4) is 0 Å². The molecular formula is C28H37NO7S2. The Morgan fingerprint density at radius 3 is 2.29 bits per heavy atom. The molecule has 0 radical (unpaired) electrons. The molecular weight excluding hydrogens is 526 g/mol. The van der Waals surface area contributed by atoms with Gasteiger partial charge in [0, 0.05) is 23.2 Å². The second kappa shape index (κ2) is 10.2. The summed E-state index contributed by atoms with van der Waals surface area (Å²) >= 11 is 1.81. The van der Waals surface area contributed by atoms with Gasteiger partial charge in [0.25, 0.3) is 0 Å². The largest absolute Gasteiger partial charge is 0.461 e. The molecule has 3 fully saturated rings. The van der Waals surface area contributed by atoms with Crippen LogP contribution in [-0.4, -0.2) is 46.5 Å². The maximum Gasteiger partial charge on any atom is 0.316 e. The molecule has 3 aliphatic rings. The number of carbonyl (C=O) groups excluding carboxylic acids is 3. The van der Waals surface area contributed by atoms with Gasteiger partial charge in [0.2, 0.25) is 16.8 Å². The maximum absolute atomic E-state index is 13.5. The molecule has 3 saturated carbocycles. The van der Waals surface area contributed by atoms with Crippen LogP contribution in [0, 0.1) is 34.0 Å². The highest BCUT2D eigenvalue weighted by atomic mass is 32.2.